The first kappa shape index (κ1) is 30.0. The molecule has 2 heterocycles. The molecule has 1 unspecified atom stereocenters. The number of para-hydroxylation sites is 4. The number of anilines is 2. The molecule has 234 valence electrons. The topological polar surface area (TPSA) is 55.8 Å². The smallest absolute Gasteiger partial charge is 0.101 e. The zero-order chi connectivity index (χ0) is 33.2. The summed E-state index contributed by atoms with van der Waals surface area (Å²) in [6, 6.07) is 34.0. The van der Waals surface area contributed by atoms with Gasteiger partial charge in [-0.25, -0.2) is 0 Å². The fourth-order valence-electron chi connectivity index (χ4n) is 7.62. The average Bonchev–Trinajstić information content (AvgIpc) is 3.37. The van der Waals surface area contributed by atoms with E-state index in [4.69, 9.17) is 0 Å². The van der Waals surface area contributed by atoms with Crippen LogP contribution < -0.4 is 4.90 Å². The Hall–Kier alpha value is -6.36. The third-order valence-corrected chi connectivity index (χ3v) is 9.80. The summed E-state index contributed by atoms with van der Waals surface area (Å²) >= 11 is 0. The minimum atomic E-state index is 0.0948. The van der Waals surface area contributed by atoms with Gasteiger partial charge in [-0.3, -0.25) is 0 Å². The highest BCUT2D eigenvalue weighted by Gasteiger charge is 2.28. The van der Waals surface area contributed by atoms with Gasteiger partial charge in [-0.05, 0) is 66.8 Å². The fraction of sp³-hybridized carbons (Fsp3) is 0.111. The second-order valence-electron chi connectivity index (χ2n) is 12.6. The molecule has 0 amide bonds. The number of fused-ring (bicyclic) bond motifs is 4. The molecule has 0 N–H and O–H groups in total. The van der Waals surface area contributed by atoms with Crippen LogP contribution in [0.1, 0.15) is 35.1 Å². The molecule has 0 saturated carbocycles. The molecular formula is C45H34N4. The third kappa shape index (κ3) is 5.35. The molecule has 4 heteroatoms. The molecule has 0 saturated heterocycles. The molecule has 0 spiro atoms. The number of aromatic nitrogens is 1. The maximum absolute atomic E-state index is 10.5. The van der Waals surface area contributed by atoms with E-state index in [2.05, 4.69) is 149 Å². The molecule has 4 aromatic carbocycles. The minimum Gasteiger partial charge on any atom is -0.336 e. The van der Waals surface area contributed by atoms with Crippen molar-refractivity contribution in [3.05, 3.63) is 180 Å². The average molecular weight is 631 g/mol. The second-order valence-corrected chi connectivity index (χ2v) is 12.6. The molecule has 4 nitrogen and oxygen atoms in total. The quantitative estimate of drug-likeness (QED) is 0.199. The minimum absolute atomic E-state index is 0.0948. The number of rotatable bonds is 4. The normalized spacial score (nSPS) is 18.5. The molecule has 0 radical (unpaired) electrons. The summed E-state index contributed by atoms with van der Waals surface area (Å²) in [5.74, 6) is 0.0948. The van der Waals surface area contributed by atoms with E-state index in [-0.39, 0.29) is 5.92 Å². The highest BCUT2D eigenvalue weighted by atomic mass is 15.1. The lowest BCUT2D eigenvalue weighted by Gasteiger charge is -2.32. The van der Waals surface area contributed by atoms with Crippen LogP contribution in [0.15, 0.2) is 157 Å². The van der Waals surface area contributed by atoms with E-state index in [0.29, 0.717) is 17.7 Å². The lowest BCUT2D eigenvalue weighted by molar-refractivity contribution is 0.766. The van der Waals surface area contributed by atoms with Crippen LogP contribution in [0.4, 0.5) is 11.4 Å². The number of hydrogen-bond donors (Lipinski definition) is 0. The second kappa shape index (κ2) is 13.0. The molecule has 2 aliphatic carbocycles. The van der Waals surface area contributed by atoms with Crippen LogP contribution in [0.3, 0.4) is 0 Å². The highest BCUT2D eigenvalue weighted by molar-refractivity contribution is 6.12. The largest absolute Gasteiger partial charge is 0.336 e. The van der Waals surface area contributed by atoms with Gasteiger partial charge in [0.05, 0.1) is 27.8 Å². The van der Waals surface area contributed by atoms with Crippen molar-refractivity contribution in [2.45, 2.75) is 19.3 Å². The molecule has 5 aromatic rings. The lowest BCUT2D eigenvalue weighted by Crippen LogP contribution is -2.22. The summed E-state index contributed by atoms with van der Waals surface area (Å²) in [6.07, 6.45) is 26.5. The number of allylic oxidation sites excluding steroid dienone is 13. The van der Waals surface area contributed by atoms with Crippen LogP contribution in [0.5, 0.6) is 0 Å². The van der Waals surface area contributed by atoms with Crippen molar-refractivity contribution in [1.82, 2.24) is 4.57 Å². The molecule has 1 aromatic heterocycles. The highest BCUT2D eigenvalue weighted by Crippen LogP contribution is 2.45. The Morgan fingerprint density at radius 3 is 2.33 bits per heavy atom. The van der Waals surface area contributed by atoms with Gasteiger partial charge in [0.25, 0.3) is 0 Å². The Balaban J connectivity index is 1.29. The van der Waals surface area contributed by atoms with Gasteiger partial charge in [0.1, 0.15) is 12.1 Å². The molecule has 3 aliphatic rings. The van der Waals surface area contributed by atoms with E-state index in [0.717, 1.165) is 63.7 Å². The summed E-state index contributed by atoms with van der Waals surface area (Å²) in [6.45, 7) is 0.647. The van der Waals surface area contributed by atoms with Gasteiger partial charge in [0, 0.05) is 40.2 Å². The predicted molar refractivity (Wildman–Crippen MR) is 202 cm³/mol. The van der Waals surface area contributed by atoms with E-state index in [1.165, 1.54) is 16.7 Å². The summed E-state index contributed by atoms with van der Waals surface area (Å²) in [4.78, 5) is 2.32. The predicted octanol–water partition coefficient (Wildman–Crippen LogP) is 10.7. The lowest BCUT2D eigenvalue weighted by atomic mass is 9.79. The third-order valence-electron chi connectivity index (χ3n) is 9.80. The van der Waals surface area contributed by atoms with E-state index in [1.54, 1.807) is 0 Å². The van der Waals surface area contributed by atoms with Crippen LogP contribution in [0, 0.1) is 28.6 Å². The molecule has 1 atom stereocenters. The Bertz CT molecular complexity index is 2430. The Morgan fingerprint density at radius 2 is 1.41 bits per heavy atom. The Labute approximate surface area is 287 Å². The van der Waals surface area contributed by atoms with Crippen molar-refractivity contribution in [2.75, 3.05) is 11.4 Å². The van der Waals surface area contributed by atoms with Crippen molar-refractivity contribution in [1.29, 1.82) is 10.5 Å². The zero-order valence-electron chi connectivity index (χ0n) is 27.1. The molecule has 8 rings (SSSR count). The van der Waals surface area contributed by atoms with Gasteiger partial charge in [-0.15, -0.1) is 0 Å². The van der Waals surface area contributed by atoms with Crippen LogP contribution in [0.25, 0.3) is 33.1 Å². The van der Waals surface area contributed by atoms with E-state index in [9.17, 15) is 10.5 Å². The van der Waals surface area contributed by atoms with Crippen LogP contribution in [0.2, 0.25) is 0 Å². The summed E-state index contributed by atoms with van der Waals surface area (Å²) in [5, 5.41) is 22.9. The van der Waals surface area contributed by atoms with Crippen molar-refractivity contribution in [3.8, 4) is 12.1 Å². The maximum atomic E-state index is 10.5. The van der Waals surface area contributed by atoms with Gasteiger partial charge in [-0.2, -0.15) is 10.5 Å². The van der Waals surface area contributed by atoms with Gasteiger partial charge in [-0.1, -0.05) is 121 Å². The van der Waals surface area contributed by atoms with Gasteiger partial charge in [0.15, 0.2) is 0 Å². The molecule has 1 aliphatic heterocycles. The first-order chi connectivity index (χ1) is 24.3. The first-order valence-corrected chi connectivity index (χ1v) is 16.8. The van der Waals surface area contributed by atoms with Crippen molar-refractivity contribution in [2.24, 2.45) is 5.92 Å². The zero-order valence-corrected chi connectivity index (χ0v) is 27.1. The summed E-state index contributed by atoms with van der Waals surface area (Å²) < 4.78 is 2.25. The first-order valence-electron chi connectivity index (χ1n) is 16.8. The van der Waals surface area contributed by atoms with Gasteiger partial charge < -0.3 is 9.47 Å². The SMILES string of the molecule is N#Cc1cccc(C2=CC=CCC2C2=CC(n3c4ccccc4c4cccc(C#N)c43)=CC=CC2)c1N1C/C=C\C=C/Cc2ccccc21. The Morgan fingerprint density at radius 1 is 0.653 bits per heavy atom. The van der Waals surface area contributed by atoms with Crippen molar-refractivity contribution >= 4 is 44.5 Å². The fourth-order valence-corrected chi connectivity index (χ4v) is 7.62. The van der Waals surface area contributed by atoms with E-state index < -0.39 is 0 Å². The number of nitriles is 2. The molecular weight excluding hydrogens is 597 g/mol. The van der Waals surface area contributed by atoms with Crippen molar-refractivity contribution < 1.29 is 0 Å². The van der Waals surface area contributed by atoms with E-state index >= 15 is 0 Å². The van der Waals surface area contributed by atoms with E-state index in [1.807, 2.05) is 24.3 Å². The van der Waals surface area contributed by atoms with Crippen molar-refractivity contribution in [3.63, 3.8) is 0 Å². The molecule has 49 heavy (non-hydrogen) atoms. The number of benzene rings is 4. The molecule has 0 fully saturated rings. The maximum Gasteiger partial charge on any atom is 0.101 e. The summed E-state index contributed by atoms with van der Waals surface area (Å²) in [5.41, 5.74) is 11.2. The standard InChI is InChI=1S/C45H34N4/c46-30-34-18-13-24-40(44(34)48-28-12-2-1-3-15-32-16-5-10-26-42(32)48)38-22-8-7-21-37(38)33-17-4-6-20-36(29-33)49-43-27-11-9-23-39(43)41-25-14-19-35(31-47)45(41)49/h1-14,16,18-20,22-27,29,37H,15,17,21,28H2/b3-1-,12-2-. The van der Waals surface area contributed by atoms with Crippen LogP contribution in [-0.2, 0) is 6.42 Å². The number of hydrogen-bond acceptors (Lipinski definition) is 3. The molecule has 0 bridgehead atoms. The van der Waals surface area contributed by atoms with Gasteiger partial charge >= 0.3 is 0 Å². The number of nitrogens with zero attached hydrogens (tertiary/aromatic N) is 4. The van der Waals surface area contributed by atoms with Crippen LogP contribution in [-0.4, -0.2) is 11.1 Å². The summed E-state index contributed by atoms with van der Waals surface area (Å²) in [7, 11) is 0. The van der Waals surface area contributed by atoms with Crippen LogP contribution >= 0.6 is 0 Å². The Kier molecular flexibility index (Phi) is 7.98. The monoisotopic (exact) mass is 630 g/mol. The van der Waals surface area contributed by atoms with Gasteiger partial charge in [0.2, 0.25) is 0 Å².